The molecule has 1 aromatic rings. The van der Waals surface area contributed by atoms with E-state index >= 15 is 0 Å². The number of hydrogen-bond donors (Lipinski definition) is 1. The molecule has 2 unspecified atom stereocenters. The van der Waals surface area contributed by atoms with Gasteiger partial charge in [0.05, 0.1) is 6.61 Å². The van der Waals surface area contributed by atoms with Crippen LogP contribution in [0.5, 0.6) is 5.75 Å². The largest absolute Gasteiger partial charge is 0.494 e. The average Bonchev–Trinajstić information content (AvgIpc) is 2.37. The molecule has 0 radical (unpaired) electrons. The molecule has 0 spiro atoms. The van der Waals surface area contributed by atoms with Crippen LogP contribution in [0.15, 0.2) is 24.3 Å². The molecule has 1 saturated heterocycles. The minimum absolute atomic E-state index is 0.276. The number of rotatable bonds is 4. The van der Waals surface area contributed by atoms with E-state index in [-0.39, 0.29) is 6.04 Å². The molecular weight excluding hydrogens is 260 g/mol. The fraction of sp³-hybridized carbons (Fsp3) is 0.667. The van der Waals surface area contributed by atoms with Gasteiger partial charge in [0.15, 0.2) is 0 Å². The summed E-state index contributed by atoms with van der Waals surface area (Å²) in [6.45, 7) is 11.7. The van der Waals surface area contributed by atoms with E-state index in [1.54, 1.807) is 0 Å². The second-order valence-corrected chi connectivity index (χ2v) is 7.46. The maximum absolute atomic E-state index is 6.28. The number of nitrogens with zero attached hydrogens (tertiary/aromatic N) is 1. The average molecular weight is 290 g/mol. The van der Waals surface area contributed by atoms with Crippen molar-refractivity contribution in [3.05, 3.63) is 24.3 Å². The van der Waals surface area contributed by atoms with Gasteiger partial charge in [-0.15, -0.1) is 0 Å². The predicted octanol–water partition coefficient (Wildman–Crippen LogP) is 3.68. The van der Waals surface area contributed by atoms with Crippen molar-refractivity contribution in [3.8, 4) is 5.75 Å². The van der Waals surface area contributed by atoms with Crippen LogP contribution >= 0.6 is 0 Å². The molecule has 1 fully saturated rings. The number of piperidine rings is 1. The van der Waals surface area contributed by atoms with E-state index in [4.69, 9.17) is 10.5 Å². The normalized spacial score (nSPS) is 23.2. The van der Waals surface area contributed by atoms with Crippen molar-refractivity contribution in [2.24, 2.45) is 17.1 Å². The van der Waals surface area contributed by atoms with Crippen LogP contribution in [0.25, 0.3) is 0 Å². The molecule has 0 saturated carbocycles. The van der Waals surface area contributed by atoms with Gasteiger partial charge < -0.3 is 15.4 Å². The number of hydrogen-bond acceptors (Lipinski definition) is 3. The molecule has 1 aliphatic rings. The van der Waals surface area contributed by atoms with Crippen molar-refractivity contribution >= 4 is 5.69 Å². The van der Waals surface area contributed by atoms with Crippen molar-refractivity contribution in [2.75, 3.05) is 24.6 Å². The van der Waals surface area contributed by atoms with Gasteiger partial charge in [0.1, 0.15) is 5.75 Å². The smallest absolute Gasteiger partial charge is 0.119 e. The lowest BCUT2D eigenvalue weighted by atomic mass is 9.80. The van der Waals surface area contributed by atoms with Gasteiger partial charge in [0.2, 0.25) is 0 Å². The summed E-state index contributed by atoms with van der Waals surface area (Å²) in [4.78, 5) is 2.43. The number of benzene rings is 1. The fourth-order valence-corrected chi connectivity index (χ4v) is 3.39. The number of nitrogens with two attached hydrogens (primary N) is 1. The highest BCUT2D eigenvalue weighted by molar-refractivity contribution is 5.49. The van der Waals surface area contributed by atoms with E-state index in [0.29, 0.717) is 17.9 Å². The highest BCUT2D eigenvalue weighted by Gasteiger charge is 2.28. The van der Waals surface area contributed by atoms with Crippen molar-refractivity contribution in [1.29, 1.82) is 0 Å². The van der Waals surface area contributed by atoms with Crippen molar-refractivity contribution in [1.82, 2.24) is 0 Å². The Hall–Kier alpha value is -1.22. The molecule has 0 aromatic heterocycles. The van der Waals surface area contributed by atoms with Gasteiger partial charge in [0, 0.05) is 24.8 Å². The zero-order valence-electron chi connectivity index (χ0n) is 13.9. The van der Waals surface area contributed by atoms with Crippen LogP contribution < -0.4 is 15.4 Å². The summed E-state index contributed by atoms with van der Waals surface area (Å²) < 4.78 is 5.51. The highest BCUT2D eigenvalue weighted by Crippen LogP contribution is 2.32. The van der Waals surface area contributed by atoms with E-state index in [1.165, 1.54) is 12.1 Å². The lowest BCUT2D eigenvalue weighted by molar-refractivity contribution is 0.253. The fourth-order valence-electron chi connectivity index (χ4n) is 3.39. The van der Waals surface area contributed by atoms with Crippen LogP contribution in [-0.2, 0) is 0 Å². The molecule has 0 bridgehead atoms. The Morgan fingerprint density at radius 2 is 1.86 bits per heavy atom. The third kappa shape index (κ3) is 4.92. The van der Waals surface area contributed by atoms with Crippen LogP contribution in [0.2, 0.25) is 0 Å². The Labute approximate surface area is 129 Å². The third-order valence-corrected chi connectivity index (χ3v) is 3.98. The molecule has 118 valence electrons. The molecule has 1 aromatic carbocycles. The van der Waals surface area contributed by atoms with Gasteiger partial charge in [0.25, 0.3) is 0 Å². The van der Waals surface area contributed by atoms with E-state index in [1.807, 2.05) is 6.92 Å². The first-order chi connectivity index (χ1) is 9.87. The van der Waals surface area contributed by atoms with Crippen molar-refractivity contribution in [3.63, 3.8) is 0 Å². The summed E-state index contributed by atoms with van der Waals surface area (Å²) in [6, 6.07) is 8.68. The Bertz CT molecular complexity index is 436. The van der Waals surface area contributed by atoms with E-state index in [9.17, 15) is 0 Å². The Morgan fingerprint density at radius 3 is 2.43 bits per heavy atom. The summed E-state index contributed by atoms with van der Waals surface area (Å²) in [5.41, 5.74) is 7.91. The second-order valence-electron chi connectivity index (χ2n) is 7.46. The summed E-state index contributed by atoms with van der Waals surface area (Å²) in [7, 11) is 0. The molecule has 1 heterocycles. The molecule has 3 heteroatoms. The Balaban J connectivity index is 2.04. The lowest BCUT2D eigenvalue weighted by Crippen LogP contribution is -2.47. The van der Waals surface area contributed by atoms with Gasteiger partial charge in [-0.2, -0.15) is 0 Å². The predicted molar refractivity (Wildman–Crippen MR) is 90.0 cm³/mol. The zero-order valence-corrected chi connectivity index (χ0v) is 13.9. The van der Waals surface area contributed by atoms with E-state index in [0.717, 1.165) is 25.3 Å². The summed E-state index contributed by atoms with van der Waals surface area (Å²) in [5.74, 6) is 1.62. The van der Waals surface area contributed by atoms with Crippen molar-refractivity contribution in [2.45, 2.75) is 46.6 Å². The van der Waals surface area contributed by atoms with Crippen LogP contribution in [-0.4, -0.2) is 25.7 Å². The number of anilines is 1. The van der Waals surface area contributed by atoms with Crippen LogP contribution in [0.3, 0.4) is 0 Å². The van der Waals surface area contributed by atoms with Crippen LogP contribution in [0.4, 0.5) is 5.69 Å². The zero-order chi connectivity index (χ0) is 15.5. The van der Waals surface area contributed by atoms with Gasteiger partial charge >= 0.3 is 0 Å². The Kier molecular flexibility index (Phi) is 5.15. The van der Waals surface area contributed by atoms with Gasteiger partial charge in [-0.25, -0.2) is 0 Å². The monoisotopic (exact) mass is 290 g/mol. The minimum Gasteiger partial charge on any atom is -0.494 e. The minimum atomic E-state index is 0.276. The van der Waals surface area contributed by atoms with Gasteiger partial charge in [-0.05, 0) is 55.4 Å². The first kappa shape index (κ1) is 16.2. The SMILES string of the molecule is CCOc1ccc(N2CC(N)CC(CC(C)(C)C)C2)cc1. The standard InChI is InChI=1S/C18H30N2O/c1-5-21-17-8-6-16(7-9-17)20-12-14(10-15(19)13-20)11-18(2,3)4/h6-9,14-15H,5,10-13,19H2,1-4H3. The maximum atomic E-state index is 6.28. The van der Waals surface area contributed by atoms with Crippen LogP contribution in [0.1, 0.15) is 40.5 Å². The molecule has 21 heavy (non-hydrogen) atoms. The Morgan fingerprint density at radius 1 is 1.19 bits per heavy atom. The molecular formula is C18H30N2O. The highest BCUT2D eigenvalue weighted by atomic mass is 16.5. The summed E-state index contributed by atoms with van der Waals surface area (Å²) in [5, 5.41) is 0. The molecule has 2 rings (SSSR count). The molecule has 0 amide bonds. The van der Waals surface area contributed by atoms with Crippen molar-refractivity contribution < 1.29 is 4.74 Å². The molecule has 2 atom stereocenters. The quantitative estimate of drug-likeness (QED) is 0.919. The molecule has 3 nitrogen and oxygen atoms in total. The maximum Gasteiger partial charge on any atom is 0.119 e. The third-order valence-electron chi connectivity index (χ3n) is 3.98. The van der Waals surface area contributed by atoms with E-state index in [2.05, 4.69) is 49.9 Å². The molecule has 2 N–H and O–H groups in total. The summed E-state index contributed by atoms with van der Waals surface area (Å²) >= 11 is 0. The first-order valence-corrected chi connectivity index (χ1v) is 8.11. The summed E-state index contributed by atoms with van der Waals surface area (Å²) in [6.07, 6.45) is 2.37. The number of ether oxygens (including phenoxy) is 1. The van der Waals surface area contributed by atoms with Crippen LogP contribution in [0, 0.1) is 11.3 Å². The topological polar surface area (TPSA) is 38.5 Å². The van der Waals surface area contributed by atoms with Gasteiger partial charge in [-0.3, -0.25) is 0 Å². The molecule has 0 aliphatic carbocycles. The lowest BCUT2D eigenvalue weighted by Gasteiger charge is -2.40. The molecule has 1 aliphatic heterocycles. The second kappa shape index (κ2) is 6.69. The first-order valence-electron chi connectivity index (χ1n) is 8.11. The van der Waals surface area contributed by atoms with E-state index < -0.39 is 0 Å². The van der Waals surface area contributed by atoms with Gasteiger partial charge in [-0.1, -0.05) is 20.8 Å².